The van der Waals surface area contributed by atoms with Gasteiger partial charge in [-0.25, -0.2) is 0 Å². The van der Waals surface area contributed by atoms with Gasteiger partial charge in [0.05, 0.1) is 7.11 Å². The Kier molecular flexibility index (Phi) is 4.37. The zero-order chi connectivity index (χ0) is 11.3. The van der Waals surface area contributed by atoms with Crippen molar-refractivity contribution >= 4 is 5.97 Å². The van der Waals surface area contributed by atoms with Crippen LogP contribution in [0.25, 0.3) is 0 Å². The van der Waals surface area contributed by atoms with Crippen molar-refractivity contribution in [2.45, 2.75) is 25.3 Å². The molecule has 0 saturated heterocycles. The van der Waals surface area contributed by atoms with Gasteiger partial charge >= 0.3 is 5.97 Å². The number of ether oxygens (including phenoxy) is 1. The molecule has 84 valence electrons. The fraction of sp³-hybridized carbons (Fsp3) is 0.545. The Hall–Kier alpha value is -1.29. The van der Waals surface area contributed by atoms with Crippen LogP contribution in [0.1, 0.15) is 18.4 Å². The van der Waals surface area contributed by atoms with Crippen LogP contribution < -0.4 is 5.73 Å². The minimum absolute atomic E-state index is 0.0199. The van der Waals surface area contributed by atoms with Gasteiger partial charge in [-0.1, -0.05) is 0 Å². The predicted molar refractivity (Wildman–Crippen MR) is 58.3 cm³/mol. The van der Waals surface area contributed by atoms with E-state index >= 15 is 0 Å². The summed E-state index contributed by atoms with van der Waals surface area (Å²) in [7, 11) is 3.37. The Morgan fingerprint density at radius 1 is 1.67 bits per heavy atom. The molecule has 4 heteroatoms. The largest absolute Gasteiger partial charge is 0.469 e. The summed E-state index contributed by atoms with van der Waals surface area (Å²) >= 11 is 0. The van der Waals surface area contributed by atoms with Crippen LogP contribution in [0.5, 0.6) is 0 Å². The lowest BCUT2D eigenvalue weighted by Crippen LogP contribution is -2.23. The monoisotopic (exact) mass is 210 g/mol. The highest BCUT2D eigenvalue weighted by Crippen LogP contribution is 2.06. The van der Waals surface area contributed by atoms with Crippen molar-refractivity contribution < 1.29 is 9.53 Å². The smallest absolute Gasteiger partial charge is 0.305 e. The number of hydrogen-bond acceptors (Lipinski definition) is 3. The van der Waals surface area contributed by atoms with E-state index in [1.165, 1.54) is 12.7 Å². The molecule has 1 atom stereocenters. The molecular weight excluding hydrogens is 192 g/mol. The van der Waals surface area contributed by atoms with Crippen LogP contribution in [0, 0.1) is 0 Å². The predicted octanol–water partition coefficient (Wildman–Crippen LogP) is 0.848. The van der Waals surface area contributed by atoms with Crippen LogP contribution >= 0.6 is 0 Å². The Bertz CT molecular complexity index is 320. The molecule has 0 bridgehead atoms. The quantitative estimate of drug-likeness (QED) is 0.733. The number of nitrogens with zero attached hydrogens (tertiary/aromatic N) is 1. The molecule has 1 aromatic heterocycles. The molecule has 0 aliphatic carbocycles. The molecule has 0 fully saturated rings. The summed E-state index contributed by atoms with van der Waals surface area (Å²) in [4.78, 5) is 10.9. The first-order valence-electron chi connectivity index (χ1n) is 5.05. The summed E-state index contributed by atoms with van der Waals surface area (Å²) in [6, 6.07) is 2.06. The third-order valence-electron chi connectivity index (χ3n) is 2.34. The second-order valence-electron chi connectivity index (χ2n) is 3.76. The van der Waals surface area contributed by atoms with Gasteiger partial charge in [0.2, 0.25) is 0 Å². The summed E-state index contributed by atoms with van der Waals surface area (Å²) in [5.41, 5.74) is 7.10. The van der Waals surface area contributed by atoms with Crippen molar-refractivity contribution in [1.82, 2.24) is 4.57 Å². The molecule has 0 spiro atoms. The molecule has 1 aromatic rings. The molecule has 1 unspecified atom stereocenters. The number of rotatable bonds is 5. The fourth-order valence-electron chi connectivity index (χ4n) is 1.49. The van der Waals surface area contributed by atoms with E-state index in [4.69, 9.17) is 5.73 Å². The van der Waals surface area contributed by atoms with Gasteiger partial charge in [-0.15, -0.1) is 0 Å². The number of methoxy groups -OCH3 is 1. The molecule has 1 heterocycles. The number of carbonyl (C=O) groups is 1. The van der Waals surface area contributed by atoms with E-state index in [2.05, 4.69) is 4.74 Å². The van der Waals surface area contributed by atoms with Crippen LogP contribution in [0.3, 0.4) is 0 Å². The Morgan fingerprint density at radius 2 is 2.40 bits per heavy atom. The van der Waals surface area contributed by atoms with Crippen LogP contribution in [-0.4, -0.2) is 23.7 Å². The molecule has 2 N–H and O–H groups in total. The zero-order valence-corrected chi connectivity index (χ0v) is 9.27. The van der Waals surface area contributed by atoms with Crippen LogP contribution in [0.2, 0.25) is 0 Å². The fourth-order valence-corrected chi connectivity index (χ4v) is 1.49. The normalized spacial score (nSPS) is 12.5. The number of hydrogen-bond donors (Lipinski definition) is 1. The molecule has 0 aliphatic heterocycles. The lowest BCUT2D eigenvalue weighted by molar-refractivity contribution is -0.140. The van der Waals surface area contributed by atoms with Crippen molar-refractivity contribution in [3.8, 4) is 0 Å². The number of aryl methyl sites for hydroxylation is 1. The van der Waals surface area contributed by atoms with Gasteiger partial charge in [-0.05, 0) is 24.5 Å². The third kappa shape index (κ3) is 4.16. The zero-order valence-electron chi connectivity index (χ0n) is 9.27. The van der Waals surface area contributed by atoms with Gasteiger partial charge in [0.1, 0.15) is 0 Å². The van der Waals surface area contributed by atoms with E-state index in [-0.39, 0.29) is 12.0 Å². The van der Waals surface area contributed by atoms with Crippen LogP contribution in [0.15, 0.2) is 18.5 Å². The van der Waals surface area contributed by atoms with Crippen molar-refractivity contribution in [2.75, 3.05) is 7.11 Å². The van der Waals surface area contributed by atoms with Gasteiger partial charge in [0.25, 0.3) is 0 Å². The van der Waals surface area contributed by atoms with E-state index in [1.807, 2.05) is 30.1 Å². The topological polar surface area (TPSA) is 57.2 Å². The Balaban J connectivity index is 2.30. The van der Waals surface area contributed by atoms with Crippen molar-refractivity contribution in [2.24, 2.45) is 12.8 Å². The second-order valence-corrected chi connectivity index (χ2v) is 3.76. The Labute approximate surface area is 90.0 Å². The number of aromatic nitrogens is 1. The van der Waals surface area contributed by atoms with Gasteiger partial charge in [0.15, 0.2) is 0 Å². The second kappa shape index (κ2) is 5.56. The number of carbonyl (C=O) groups excluding carboxylic acids is 1. The van der Waals surface area contributed by atoms with Gasteiger partial charge in [-0.2, -0.15) is 0 Å². The molecule has 0 aliphatic rings. The summed E-state index contributed by atoms with van der Waals surface area (Å²) in [5.74, 6) is -0.196. The average Bonchev–Trinajstić information content (AvgIpc) is 2.60. The maximum Gasteiger partial charge on any atom is 0.305 e. The highest BCUT2D eigenvalue weighted by molar-refractivity contribution is 5.69. The van der Waals surface area contributed by atoms with E-state index < -0.39 is 0 Å². The maximum absolute atomic E-state index is 10.9. The highest BCUT2D eigenvalue weighted by atomic mass is 16.5. The number of nitrogens with two attached hydrogens (primary N) is 1. The van der Waals surface area contributed by atoms with Crippen molar-refractivity contribution in [1.29, 1.82) is 0 Å². The van der Waals surface area contributed by atoms with E-state index in [0.717, 1.165) is 6.42 Å². The molecule has 0 aromatic carbocycles. The average molecular weight is 210 g/mol. The SMILES string of the molecule is COC(=O)CCC(N)Cc1ccn(C)c1. The molecule has 0 amide bonds. The highest BCUT2D eigenvalue weighted by Gasteiger charge is 2.08. The summed E-state index contributed by atoms with van der Waals surface area (Å²) in [6.45, 7) is 0. The third-order valence-corrected chi connectivity index (χ3v) is 2.34. The maximum atomic E-state index is 10.9. The minimum Gasteiger partial charge on any atom is -0.469 e. The molecule has 15 heavy (non-hydrogen) atoms. The first kappa shape index (κ1) is 11.8. The van der Waals surface area contributed by atoms with Crippen LogP contribution in [0.4, 0.5) is 0 Å². The first-order chi connectivity index (χ1) is 7.11. The summed E-state index contributed by atoms with van der Waals surface area (Å²) in [5, 5.41) is 0. The van der Waals surface area contributed by atoms with Crippen LogP contribution in [-0.2, 0) is 23.0 Å². The van der Waals surface area contributed by atoms with E-state index in [9.17, 15) is 4.79 Å². The molecule has 1 rings (SSSR count). The van der Waals surface area contributed by atoms with E-state index in [1.54, 1.807) is 0 Å². The molecular formula is C11H18N2O2. The van der Waals surface area contributed by atoms with Gasteiger partial charge in [0, 0.05) is 31.9 Å². The molecule has 4 nitrogen and oxygen atoms in total. The lowest BCUT2D eigenvalue weighted by atomic mass is 10.1. The van der Waals surface area contributed by atoms with E-state index in [0.29, 0.717) is 12.8 Å². The standard InChI is InChI=1S/C11H18N2O2/c1-13-6-5-9(8-13)7-10(12)3-4-11(14)15-2/h5-6,8,10H,3-4,7,12H2,1-2H3. The summed E-state index contributed by atoms with van der Waals surface area (Å²) in [6.07, 6.45) is 5.89. The minimum atomic E-state index is -0.196. The van der Waals surface area contributed by atoms with Crippen molar-refractivity contribution in [3.05, 3.63) is 24.0 Å². The van der Waals surface area contributed by atoms with Crippen molar-refractivity contribution in [3.63, 3.8) is 0 Å². The Morgan fingerprint density at radius 3 is 2.93 bits per heavy atom. The molecule has 0 radical (unpaired) electrons. The van der Waals surface area contributed by atoms with Gasteiger partial charge < -0.3 is 15.0 Å². The lowest BCUT2D eigenvalue weighted by Gasteiger charge is -2.09. The number of esters is 1. The summed E-state index contributed by atoms with van der Waals surface area (Å²) < 4.78 is 6.54. The molecule has 0 saturated carbocycles. The first-order valence-corrected chi connectivity index (χ1v) is 5.05. The van der Waals surface area contributed by atoms with Gasteiger partial charge in [-0.3, -0.25) is 4.79 Å².